The third-order valence-electron chi connectivity index (χ3n) is 2.08. The van der Waals surface area contributed by atoms with Gasteiger partial charge in [0, 0.05) is 11.1 Å². The molecule has 0 amide bonds. The molecular weight excluding hydrogens is 244 g/mol. The van der Waals surface area contributed by atoms with Gasteiger partial charge in [0.05, 0.1) is 5.52 Å². The van der Waals surface area contributed by atoms with Crippen LogP contribution in [0.15, 0.2) is 41.4 Å². The van der Waals surface area contributed by atoms with Crippen LogP contribution in [0.5, 0.6) is 0 Å². The van der Waals surface area contributed by atoms with E-state index in [0.29, 0.717) is 12.2 Å². The van der Waals surface area contributed by atoms with Gasteiger partial charge < -0.3 is 0 Å². The van der Waals surface area contributed by atoms with E-state index in [1.165, 1.54) is 11.8 Å². The van der Waals surface area contributed by atoms with Crippen molar-refractivity contribution >= 4 is 22.7 Å². The van der Waals surface area contributed by atoms with E-state index in [2.05, 4.69) is 15.4 Å². The zero-order valence-electron chi connectivity index (χ0n) is 8.81. The van der Waals surface area contributed by atoms with Crippen molar-refractivity contribution in [3.8, 4) is 0 Å². The summed E-state index contributed by atoms with van der Waals surface area (Å²) in [5.74, 6) is 0.542. The summed E-state index contributed by atoms with van der Waals surface area (Å²) in [7, 11) is 0. The lowest BCUT2D eigenvalue weighted by Gasteiger charge is -2.01. The SMILES string of the molecule is FC(F)=CCCSc1nnnc2ccccc12. The Labute approximate surface area is 101 Å². The molecule has 0 unspecified atom stereocenters. The highest BCUT2D eigenvalue weighted by molar-refractivity contribution is 7.99. The molecule has 0 radical (unpaired) electrons. The molecule has 0 aliphatic carbocycles. The van der Waals surface area contributed by atoms with E-state index in [1.54, 1.807) is 0 Å². The molecule has 17 heavy (non-hydrogen) atoms. The number of hydrogen-bond acceptors (Lipinski definition) is 4. The highest BCUT2D eigenvalue weighted by atomic mass is 32.2. The second-order valence-electron chi connectivity index (χ2n) is 3.24. The molecular formula is C11H9F2N3S. The lowest BCUT2D eigenvalue weighted by molar-refractivity contribution is 0.418. The van der Waals surface area contributed by atoms with E-state index in [1.807, 2.05) is 24.3 Å². The molecule has 1 aromatic carbocycles. The normalized spacial score (nSPS) is 10.5. The van der Waals surface area contributed by atoms with Crippen LogP contribution in [0.1, 0.15) is 6.42 Å². The number of rotatable bonds is 4. The molecule has 0 fully saturated rings. The van der Waals surface area contributed by atoms with Gasteiger partial charge in [-0.2, -0.15) is 8.78 Å². The van der Waals surface area contributed by atoms with Gasteiger partial charge in [0.1, 0.15) is 5.03 Å². The van der Waals surface area contributed by atoms with Crippen LogP contribution in [-0.4, -0.2) is 21.2 Å². The first-order valence-electron chi connectivity index (χ1n) is 4.99. The molecule has 0 spiro atoms. The smallest absolute Gasteiger partial charge is 0.174 e. The van der Waals surface area contributed by atoms with Crippen molar-refractivity contribution in [1.82, 2.24) is 15.4 Å². The Kier molecular flexibility index (Phi) is 3.98. The Morgan fingerprint density at radius 1 is 1.24 bits per heavy atom. The lowest BCUT2D eigenvalue weighted by Crippen LogP contribution is -1.92. The monoisotopic (exact) mass is 253 g/mol. The number of nitrogens with zero attached hydrogens (tertiary/aromatic N) is 3. The summed E-state index contributed by atoms with van der Waals surface area (Å²) in [5, 5.41) is 13.1. The first-order chi connectivity index (χ1) is 8.27. The number of hydrogen-bond donors (Lipinski definition) is 0. The summed E-state index contributed by atoms with van der Waals surface area (Å²) in [6, 6.07) is 7.49. The molecule has 1 aromatic heterocycles. The van der Waals surface area contributed by atoms with Crippen LogP contribution in [0.3, 0.4) is 0 Å². The largest absolute Gasteiger partial charge is 0.266 e. The predicted octanol–water partition coefficient (Wildman–Crippen LogP) is 3.29. The maximum absolute atomic E-state index is 11.8. The molecule has 2 aromatic rings. The molecule has 6 heteroatoms. The van der Waals surface area contributed by atoms with Crippen LogP contribution in [0.25, 0.3) is 10.9 Å². The minimum Gasteiger partial charge on any atom is -0.174 e. The summed E-state index contributed by atoms with van der Waals surface area (Å²) < 4.78 is 23.7. The summed E-state index contributed by atoms with van der Waals surface area (Å²) >= 11 is 1.40. The summed E-state index contributed by atoms with van der Waals surface area (Å²) in [4.78, 5) is 0. The van der Waals surface area contributed by atoms with Crippen molar-refractivity contribution in [1.29, 1.82) is 0 Å². The van der Waals surface area contributed by atoms with Crippen molar-refractivity contribution < 1.29 is 8.78 Å². The Bertz CT molecular complexity index is 536. The van der Waals surface area contributed by atoms with Gasteiger partial charge in [-0.05, 0) is 29.8 Å². The second-order valence-corrected chi connectivity index (χ2v) is 4.33. The van der Waals surface area contributed by atoms with Crippen molar-refractivity contribution in [2.75, 3.05) is 5.75 Å². The zero-order valence-corrected chi connectivity index (χ0v) is 9.62. The summed E-state index contributed by atoms with van der Waals surface area (Å²) in [6.45, 7) is 0. The Hall–Kier alpha value is -1.56. The molecule has 2 rings (SSSR count). The fourth-order valence-corrected chi connectivity index (χ4v) is 2.19. The van der Waals surface area contributed by atoms with E-state index < -0.39 is 6.08 Å². The van der Waals surface area contributed by atoms with Crippen LogP contribution >= 0.6 is 11.8 Å². The highest BCUT2D eigenvalue weighted by Crippen LogP contribution is 2.24. The number of aromatic nitrogens is 3. The third kappa shape index (κ3) is 3.20. The first-order valence-corrected chi connectivity index (χ1v) is 5.98. The quantitative estimate of drug-likeness (QED) is 0.619. The van der Waals surface area contributed by atoms with Crippen molar-refractivity contribution in [2.45, 2.75) is 11.4 Å². The molecule has 0 N–H and O–H groups in total. The van der Waals surface area contributed by atoms with E-state index in [-0.39, 0.29) is 0 Å². The molecule has 1 heterocycles. The summed E-state index contributed by atoms with van der Waals surface area (Å²) in [5.41, 5.74) is 0.761. The molecule has 0 atom stereocenters. The Morgan fingerprint density at radius 2 is 2.06 bits per heavy atom. The predicted molar refractivity (Wildman–Crippen MR) is 63.0 cm³/mol. The average Bonchev–Trinajstić information content (AvgIpc) is 2.34. The highest BCUT2D eigenvalue weighted by Gasteiger charge is 2.04. The van der Waals surface area contributed by atoms with Crippen LogP contribution < -0.4 is 0 Å². The van der Waals surface area contributed by atoms with Gasteiger partial charge in [-0.3, -0.25) is 0 Å². The van der Waals surface area contributed by atoms with Crippen LogP contribution in [-0.2, 0) is 0 Å². The van der Waals surface area contributed by atoms with Crippen molar-refractivity contribution in [3.05, 3.63) is 36.4 Å². The topological polar surface area (TPSA) is 38.7 Å². The maximum Gasteiger partial charge on any atom is 0.266 e. The van der Waals surface area contributed by atoms with Crippen LogP contribution in [0, 0.1) is 0 Å². The minimum atomic E-state index is -1.64. The van der Waals surface area contributed by atoms with Crippen LogP contribution in [0.4, 0.5) is 8.78 Å². The second kappa shape index (κ2) is 5.67. The van der Waals surface area contributed by atoms with E-state index >= 15 is 0 Å². The fourth-order valence-electron chi connectivity index (χ4n) is 1.34. The van der Waals surface area contributed by atoms with E-state index in [9.17, 15) is 8.78 Å². The molecule has 88 valence electrons. The lowest BCUT2D eigenvalue weighted by atomic mass is 10.2. The van der Waals surface area contributed by atoms with Gasteiger partial charge in [0.25, 0.3) is 6.08 Å². The molecule has 0 aliphatic rings. The van der Waals surface area contributed by atoms with Gasteiger partial charge in [-0.25, -0.2) is 0 Å². The van der Waals surface area contributed by atoms with Gasteiger partial charge in [0.2, 0.25) is 0 Å². The van der Waals surface area contributed by atoms with Crippen molar-refractivity contribution in [3.63, 3.8) is 0 Å². The van der Waals surface area contributed by atoms with Crippen molar-refractivity contribution in [2.24, 2.45) is 0 Å². The third-order valence-corrected chi connectivity index (χ3v) is 3.09. The first kappa shape index (κ1) is 11.9. The minimum absolute atomic E-state index is 0.311. The number of halogens is 2. The number of allylic oxidation sites excluding steroid dienone is 1. The van der Waals surface area contributed by atoms with E-state index in [4.69, 9.17) is 0 Å². The van der Waals surface area contributed by atoms with Gasteiger partial charge >= 0.3 is 0 Å². The zero-order chi connectivity index (χ0) is 12.1. The Balaban J connectivity index is 2.11. The summed E-state index contributed by atoms with van der Waals surface area (Å²) in [6.07, 6.45) is -0.425. The molecule has 0 saturated heterocycles. The molecule has 0 aliphatic heterocycles. The number of thioether (sulfide) groups is 1. The Morgan fingerprint density at radius 3 is 2.88 bits per heavy atom. The molecule has 0 saturated carbocycles. The van der Waals surface area contributed by atoms with Gasteiger partial charge in [0.15, 0.2) is 0 Å². The molecule has 3 nitrogen and oxygen atoms in total. The molecule has 0 bridgehead atoms. The van der Waals surface area contributed by atoms with Crippen LogP contribution in [0.2, 0.25) is 0 Å². The van der Waals surface area contributed by atoms with Gasteiger partial charge in [-0.15, -0.1) is 22.0 Å². The van der Waals surface area contributed by atoms with Gasteiger partial charge in [-0.1, -0.05) is 12.1 Å². The number of benzene rings is 1. The fraction of sp³-hybridized carbons (Fsp3) is 0.182. The maximum atomic E-state index is 11.8. The average molecular weight is 253 g/mol. The van der Waals surface area contributed by atoms with E-state index in [0.717, 1.165) is 22.0 Å². The standard InChI is InChI=1S/C11H9F2N3S/c12-10(13)6-3-7-17-11-8-4-1-2-5-9(8)14-16-15-11/h1-2,4-6H,3,7H2. The number of fused-ring (bicyclic) bond motifs is 1.